The Labute approximate surface area is 171 Å². The monoisotopic (exact) mass is 417 g/mol. The molecule has 1 aromatic rings. The van der Waals surface area contributed by atoms with Crippen molar-refractivity contribution in [3.05, 3.63) is 16.7 Å². The molecule has 9 heteroatoms. The number of ether oxygens (including phenoxy) is 2. The summed E-state index contributed by atoms with van der Waals surface area (Å²) in [5, 5.41) is 13.5. The van der Waals surface area contributed by atoms with Gasteiger partial charge in [0.1, 0.15) is 0 Å². The third-order valence-corrected chi connectivity index (χ3v) is 5.35. The molecule has 2 rings (SSSR count). The molecule has 0 saturated carbocycles. The van der Waals surface area contributed by atoms with Crippen LogP contribution in [0.5, 0.6) is 11.5 Å². The van der Waals surface area contributed by atoms with Crippen LogP contribution in [0.1, 0.15) is 36.5 Å². The molecular formula is C19H32ClN3O5. The highest BCUT2D eigenvalue weighted by Gasteiger charge is 2.28. The number of nitrogens with one attached hydrogen (secondary N) is 1. The highest BCUT2D eigenvalue weighted by atomic mass is 35.5. The summed E-state index contributed by atoms with van der Waals surface area (Å²) in [6, 6.07) is 1.47. The van der Waals surface area contributed by atoms with Crippen LogP contribution in [0, 0.1) is 5.92 Å². The zero-order valence-electron chi connectivity index (χ0n) is 16.8. The van der Waals surface area contributed by atoms with Gasteiger partial charge in [-0.25, -0.2) is 0 Å². The number of likely N-dealkylation sites (tertiary alicyclic amines) is 1. The van der Waals surface area contributed by atoms with E-state index in [1.54, 1.807) is 0 Å². The SMILES string of the molecule is CCCCN1CCC(CNC(=O)c2cc(Cl)c(N)c(OC)c2OC)C(O)C1.O. The Morgan fingerprint density at radius 3 is 2.64 bits per heavy atom. The number of methoxy groups -OCH3 is 2. The lowest BCUT2D eigenvalue weighted by molar-refractivity contribution is 0.0217. The van der Waals surface area contributed by atoms with Crippen molar-refractivity contribution in [2.45, 2.75) is 32.3 Å². The van der Waals surface area contributed by atoms with Crippen LogP contribution in [0.4, 0.5) is 5.69 Å². The van der Waals surface area contributed by atoms with Crippen molar-refractivity contribution in [1.82, 2.24) is 10.2 Å². The van der Waals surface area contributed by atoms with Crippen molar-refractivity contribution in [2.75, 3.05) is 46.1 Å². The maximum absolute atomic E-state index is 12.7. The summed E-state index contributed by atoms with van der Waals surface area (Å²) in [6.45, 7) is 5.13. The lowest BCUT2D eigenvalue weighted by Gasteiger charge is -2.36. The Hall–Kier alpha value is -1.74. The summed E-state index contributed by atoms with van der Waals surface area (Å²) in [4.78, 5) is 15.0. The van der Waals surface area contributed by atoms with E-state index in [1.165, 1.54) is 20.3 Å². The first-order valence-electron chi connectivity index (χ1n) is 9.31. The second kappa shape index (κ2) is 11.3. The highest BCUT2D eigenvalue weighted by Crippen LogP contribution is 2.41. The van der Waals surface area contributed by atoms with Crippen LogP contribution in [0.25, 0.3) is 0 Å². The molecule has 0 aromatic heterocycles. The summed E-state index contributed by atoms with van der Waals surface area (Å²) in [5.74, 6) is 0.155. The number of β-amino-alcohol motifs (C(OH)–C–C–N with tert-alkyl or cyclic N) is 1. The van der Waals surface area contributed by atoms with Gasteiger partial charge in [-0.2, -0.15) is 0 Å². The Morgan fingerprint density at radius 2 is 2.07 bits per heavy atom. The molecule has 1 fully saturated rings. The van der Waals surface area contributed by atoms with Gasteiger partial charge in [-0.3, -0.25) is 4.79 Å². The Bertz CT molecular complexity index is 659. The van der Waals surface area contributed by atoms with Gasteiger partial charge in [-0.15, -0.1) is 0 Å². The molecule has 1 aromatic carbocycles. The summed E-state index contributed by atoms with van der Waals surface area (Å²) in [6.07, 6.45) is 2.66. The van der Waals surface area contributed by atoms with E-state index in [9.17, 15) is 9.90 Å². The molecule has 1 heterocycles. The number of nitrogens with zero attached hydrogens (tertiary/aromatic N) is 1. The van der Waals surface area contributed by atoms with Crippen LogP contribution >= 0.6 is 11.6 Å². The minimum Gasteiger partial charge on any atom is -0.492 e. The minimum absolute atomic E-state index is 0. The van der Waals surface area contributed by atoms with Gasteiger partial charge < -0.3 is 36.0 Å². The first-order chi connectivity index (χ1) is 12.9. The number of hydrogen-bond acceptors (Lipinski definition) is 6. The molecule has 0 bridgehead atoms. The number of rotatable bonds is 8. The molecule has 2 atom stereocenters. The van der Waals surface area contributed by atoms with Gasteiger partial charge in [0.15, 0.2) is 11.5 Å². The molecule has 1 aliphatic heterocycles. The number of nitrogens with two attached hydrogens (primary N) is 1. The van der Waals surface area contributed by atoms with Crippen LogP contribution in [0.3, 0.4) is 0 Å². The molecular weight excluding hydrogens is 386 g/mol. The van der Waals surface area contributed by atoms with E-state index in [4.69, 9.17) is 26.8 Å². The predicted octanol–water partition coefficient (Wildman–Crippen LogP) is 1.33. The third kappa shape index (κ3) is 5.64. The average molecular weight is 418 g/mol. The van der Waals surface area contributed by atoms with Crippen LogP contribution in [-0.2, 0) is 0 Å². The molecule has 1 saturated heterocycles. The third-order valence-electron chi connectivity index (χ3n) is 5.03. The van der Waals surface area contributed by atoms with Gasteiger partial charge in [0, 0.05) is 19.0 Å². The number of hydrogen-bond donors (Lipinski definition) is 3. The number of aliphatic hydroxyl groups is 1. The summed E-state index contributed by atoms with van der Waals surface area (Å²) in [5.41, 5.74) is 6.37. The van der Waals surface area contributed by atoms with Gasteiger partial charge >= 0.3 is 0 Å². The molecule has 6 N–H and O–H groups in total. The normalized spacial score (nSPS) is 19.6. The van der Waals surface area contributed by atoms with Gasteiger partial charge in [0.25, 0.3) is 5.91 Å². The quantitative estimate of drug-likeness (QED) is 0.547. The second-order valence-electron chi connectivity index (χ2n) is 6.87. The van der Waals surface area contributed by atoms with Gasteiger partial charge in [0.05, 0.1) is 36.6 Å². The van der Waals surface area contributed by atoms with Crippen molar-refractivity contribution in [3.63, 3.8) is 0 Å². The second-order valence-corrected chi connectivity index (χ2v) is 7.27. The van der Waals surface area contributed by atoms with Crippen molar-refractivity contribution in [1.29, 1.82) is 0 Å². The molecule has 0 spiro atoms. The standard InChI is InChI=1S/C19H30ClN3O4.H2O/c1-4-5-7-23-8-6-12(15(24)11-23)10-22-19(25)13-9-14(20)16(21)18(27-3)17(13)26-2;/h9,12,15,24H,4-8,10-11,21H2,1-3H3,(H,22,25);1H2. The summed E-state index contributed by atoms with van der Waals surface area (Å²) < 4.78 is 10.5. The lowest BCUT2D eigenvalue weighted by atomic mass is 9.93. The maximum Gasteiger partial charge on any atom is 0.255 e. The lowest BCUT2D eigenvalue weighted by Crippen LogP contribution is -2.47. The number of aliphatic hydroxyl groups excluding tert-OH is 1. The Kier molecular flexibility index (Phi) is 9.81. The fraction of sp³-hybridized carbons (Fsp3) is 0.632. The van der Waals surface area contributed by atoms with Crippen molar-refractivity contribution in [3.8, 4) is 11.5 Å². The smallest absolute Gasteiger partial charge is 0.255 e. The van der Waals surface area contributed by atoms with Gasteiger partial charge in [-0.05, 0) is 32.0 Å². The number of nitrogen functional groups attached to an aromatic ring is 1. The summed E-state index contributed by atoms with van der Waals surface area (Å²) in [7, 11) is 2.88. The number of amides is 1. The van der Waals surface area contributed by atoms with Crippen LogP contribution in [-0.4, -0.2) is 67.9 Å². The Morgan fingerprint density at radius 1 is 1.39 bits per heavy atom. The number of carbonyl (C=O) groups is 1. The first kappa shape index (κ1) is 24.3. The highest BCUT2D eigenvalue weighted by molar-refractivity contribution is 6.34. The van der Waals surface area contributed by atoms with E-state index >= 15 is 0 Å². The average Bonchev–Trinajstić information content (AvgIpc) is 2.66. The largest absolute Gasteiger partial charge is 0.492 e. The van der Waals surface area contributed by atoms with Gasteiger partial charge in [-0.1, -0.05) is 24.9 Å². The van der Waals surface area contributed by atoms with Crippen LogP contribution < -0.4 is 20.5 Å². The molecule has 160 valence electrons. The van der Waals surface area contributed by atoms with E-state index < -0.39 is 6.10 Å². The molecule has 0 aliphatic carbocycles. The maximum atomic E-state index is 12.7. The van der Waals surface area contributed by atoms with E-state index in [1.807, 2.05) is 0 Å². The van der Waals surface area contributed by atoms with Crippen LogP contribution in [0.15, 0.2) is 6.07 Å². The van der Waals surface area contributed by atoms with Crippen molar-refractivity contribution >= 4 is 23.2 Å². The number of benzene rings is 1. The number of piperidine rings is 1. The predicted molar refractivity (Wildman–Crippen MR) is 110 cm³/mol. The number of unbranched alkanes of at least 4 members (excludes halogenated alkanes) is 1. The molecule has 8 nitrogen and oxygen atoms in total. The fourth-order valence-electron chi connectivity index (χ4n) is 3.38. The zero-order chi connectivity index (χ0) is 20.0. The van der Waals surface area contributed by atoms with E-state index in [0.717, 1.165) is 32.4 Å². The van der Waals surface area contributed by atoms with Gasteiger partial charge in [0.2, 0.25) is 0 Å². The zero-order valence-corrected chi connectivity index (χ0v) is 17.5. The topological polar surface area (TPSA) is 129 Å². The number of carbonyl (C=O) groups excluding carboxylic acids is 1. The van der Waals surface area contributed by atoms with Crippen molar-refractivity contribution in [2.24, 2.45) is 5.92 Å². The molecule has 2 unspecified atom stereocenters. The molecule has 1 amide bonds. The fourth-order valence-corrected chi connectivity index (χ4v) is 3.58. The van der Waals surface area contributed by atoms with E-state index in [0.29, 0.717) is 13.1 Å². The van der Waals surface area contributed by atoms with Crippen molar-refractivity contribution < 1.29 is 24.9 Å². The van der Waals surface area contributed by atoms with E-state index in [2.05, 4.69) is 17.1 Å². The number of halogens is 1. The first-order valence-corrected chi connectivity index (χ1v) is 9.69. The molecule has 0 radical (unpaired) electrons. The molecule has 28 heavy (non-hydrogen) atoms. The van der Waals surface area contributed by atoms with E-state index in [-0.39, 0.29) is 45.1 Å². The Balaban J connectivity index is 0.00000392. The minimum atomic E-state index is -0.456. The van der Waals surface area contributed by atoms with Crippen LogP contribution in [0.2, 0.25) is 5.02 Å². The summed E-state index contributed by atoms with van der Waals surface area (Å²) >= 11 is 6.11. The molecule has 1 aliphatic rings. The number of anilines is 1.